The van der Waals surface area contributed by atoms with Crippen molar-refractivity contribution in [3.8, 4) is 5.75 Å². The highest BCUT2D eigenvalue weighted by molar-refractivity contribution is 6.52. The lowest BCUT2D eigenvalue weighted by molar-refractivity contribution is -0.121. The molecule has 1 saturated heterocycles. The van der Waals surface area contributed by atoms with Crippen molar-refractivity contribution in [1.29, 1.82) is 0 Å². The van der Waals surface area contributed by atoms with E-state index in [0.29, 0.717) is 44.2 Å². The molecule has 0 radical (unpaired) electrons. The van der Waals surface area contributed by atoms with E-state index in [0.717, 1.165) is 4.90 Å². The molecule has 7 nitrogen and oxygen atoms in total. The maximum absolute atomic E-state index is 12.8. The van der Waals surface area contributed by atoms with Gasteiger partial charge in [-0.25, -0.2) is 4.90 Å². The molecule has 0 aliphatic carbocycles. The standard InChI is InChI=1S/C17H20ClN3O4/c1-25-13-4-2-12(3-5-13)21-16(23)14(18)15(17(21)24)20-8-6-19(7-9-20)10-11-22/h2-5,22H,6-11H2,1H3. The summed E-state index contributed by atoms with van der Waals surface area (Å²) >= 11 is 6.21. The predicted molar refractivity (Wildman–Crippen MR) is 93.5 cm³/mol. The van der Waals surface area contributed by atoms with Gasteiger partial charge in [-0.05, 0) is 24.3 Å². The first-order chi connectivity index (χ1) is 12.1. The fraction of sp³-hybridized carbons (Fsp3) is 0.412. The van der Waals surface area contributed by atoms with Crippen molar-refractivity contribution in [2.45, 2.75) is 0 Å². The van der Waals surface area contributed by atoms with Gasteiger partial charge in [-0.15, -0.1) is 0 Å². The van der Waals surface area contributed by atoms with E-state index >= 15 is 0 Å². The molecule has 8 heteroatoms. The summed E-state index contributed by atoms with van der Waals surface area (Å²) in [6, 6.07) is 6.69. The molecule has 1 N–H and O–H groups in total. The van der Waals surface area contributed by atoms with Crippen LogP contribution in [0.2, 0.25) is 0 Å². The third-order valence-electron chi connectivity index (χ3n) is 4.44. The molecule has 0 atom stereocenters. The summed E-state index contributed by atoms with van der Waals surface area (Å²) in [5.41, 5.74) is 0.717. The molecule has 25 heavy (non-hydrogen) atoms. The predicted octanol–water partition coefficient (Wildman–Crippen LogP) is 0.629. The molecule has 0 aromatic heterocycles. The highest BCUT2D eigenvalue weighted by Crippen LogP contribution is 2.32. The number of ether oxygens (including phenoxy) is 1. The van der Waals surface area contributed by atoms with Crippen molar-refractivity contribution in [1.82, 2.24) is 9.80 Å². The Morgan fingerprint density at radius 2 is 1.72 bits per heavy atom. The fourth-order valence-electron chi connectivity index (χ4n) is 3.07. The van der Waals surface area contributed by atoms with Crippen LogP contribution in [0.4, 0.5) is 5.69 Å². The van der Waals surface area contributed by atoms with Crippen LogP contribution in [0, 0.1) is 0 Å². The molecule has 2 heterocycles. The molecule has 1 aromatic carbocycles. The van der Waals surface area contributed by atoms with Gasteiger partial charge in [0.25, 0.3) is 11.8 Å². The van der Waals surface area contributed by atoms with E-state index in [9.17, 15) is 9.59 Å². The Labute approximate surface area is 151 Å². The van der Waals surface area contributed by atoms with Gasteiger partial charge in [0.15, 0.2) is 0 Å². The number of hydrogen-bond donors (Lipinski definition) is 1. The molecule has 3 rings (SSSR count). The van der Waals surface area contributed by atoms with Crippen LogP contribution >= 0.6 is 11.6 Å². The summed E-state index contributed by atoms with van der Waals surface area (Å²) in [4.78, 5) is 30.4. The fourth-order valence-corrected chi connectivity index (χ4v) is 3.35. The Morgan fingerprint density at radius 3 is 2.28 bits per heavy atom. The van der Waals surface area contributed by atoms with Gasteiger partial charge in [-0.3, -0.25) is 14.5 Å². The van der Waals surface area contributed by atoms with Crippen LogP contribution in [0.5, 0.6) is 5.75 Å². The quantitative estimate of drug-likeness (QED) is 0.772. The Kier molecular flexibility index (Phi) is 5.27. The normalized spacial score (nSPS) is 19.2. The minimum atomic E-state index is -0.510. The molecule has 2 aliphatic heterocycles. The monoisotopic (exact) mass is 365 g/mol. The first-order valence-corrected chi connectivity index (χ1v) is 8.45. The van der Waals surface area contributed by atoms with Crippen molar-refractivity contribution in [3.05, 3.63) is 35.0 Å². The topological polar surface area (TPSA) is 73.3 Å². The number of β-amino-alcohol motifs (C(OH)–C–C–N with tert-alkyl or cyclic N) is 1. The number of imide groups is 1. The molecule has 1 aromatic rings. The maximum atomic E-state index is 12.8. The average molecular weight is 366 g/mol. The van der Waals surface area contributed by atoms with E-state index in [1.807, 2.05) is 4.90 Å². The van der Waals surface area contributed by atoms with Crippen LogP contribution in [-0.2, 0) is 9.59 Å². The molecule has 0 spiro atoms. The zero-order valence-corrected chi connectivity index (χ0v) is 14.7. The van der Waals surface area contributed by atoms with Crippen LogP contribution < -0.4 is 9.64 Å². The molecule has 1 fully saturated rings. The van der Waals surface area contributed by atoms with Gasteiger partial charge in [0, 0.05) is 32.7 Å². The Hall–Kier alpha value is -2.09. The van der Waals surface area contributed by atoms with Gasteiger partial charge < -0.3 is 14.7 Å². The summed E-state index contributed by atoms with van der Waals surface area (Å²) in [7, 11) is 1.55. The van der Waals surface area contributed by atoms with Crippen LogP contribution in [-0.4, -0.2) is 73.2 Å². The van der Waals surface area contributed by atoms with E-state index < -0.39 is 11.8 Å². The summed E-state index contributed by atoms with van der Waals surface area (Å²) in [5.74, 6) is -0.275. The molecule has 134 valence electrons. The second-order valence-corrected chi connectivity index (χ2v) is 6.24. The van der Waals surface area contributed by atoms with E-state index in [1.54, 1.807) is 31.4 Å². The van der Waals surface area contributed by atoms with Gasteiger partial charge in [-0.2, -0.15) is 0 Å². The largest absolute Gasteiger partial charge is 0.497 e. The van der Waals surface area contributed by atoms with Gasteiger partial charge in [-0.1, -0.05) is 11.6 Å². The number of methoxy groups -OCH3 is 1. The lowest BCUT2D eigenvalue weighted by Gasteiger charge is -2.35. The number of amides is 2. The zero-order valence-electron chi connectivity index (χ0n) is 13.9. The van der Waals surface area contributed by atoms with Crippen molar-refractivity contribution < 1.29 is 19.4 Å². The summed E-state index contributed by atoms with van der Waals surface area (Å²) < 4.78 is 5.10. The zero-order chi connectivity index (χ0) is 18.0. The number of piperazine rings is 1. The number of benzene rings is 1. The molecular formula is C17H20ClN3O4. The van der Waals surface area contributed by atoms with Gasteiger partial charge in [0.1, 0.15) is 16.5 Å². The number of hydrogen-bond acceptors (Lipinski definition) is 6. The first kappa shape index (κ1) is 17.7. The lowest BCUT2D eigenvalue weighted by atomic mass is 10.2. The molecule has 2 aliphatic rings. The summed E-state index contributed by atoms with van der Waals surface area (Å²) in [5, 5.41) is 8.97. The number of carbonyl (C=O) groups excluding carboxylic acids is 2. The van der Waals surface area contributed by atoms with Gasteiger partial charge in [0.2, 0.25) is 0 Å². The number of halogens is 1. The number of aliphatic hydroxyl groups is 1. The maximum Gasteiger partial charge on any atom is 0.283 e. The van der Waals surface area contributed by atoms with Crippen molar-refractivity contribution in [2.75, 3.05) is 51.3 Å². The van der Waals surface area contributed by atoms with Gasteiger partial charge >= 0.3 is 0 Å². The molecule has 0 bridgehead atoms. The number of aliphatic hydroxyl groups excluding tert-OH is 1. The highest BCUT2D eigenvalue weighted by Gasteiger charge is 2.41. The van der Waals surface area contributed by atoms with Crippen LogP contribution in [0.1, 0.15) is 0 Å². The third kappa shape index (κ3) is 3.35. The second kappa shape index (κ2) is 7.43. The minimum absolute atomic E-state index is 0.0450. The summed E-state index contributed by atoms with van der Waals surface area (Å²) in [6.07, 6.45) is 0. The lowest BCUT2D eigenvalue weighted by Crippen LogP contribution is -2.48. The Balaban J connectivity index is 1.77. The number of anilines is 1. The summed E-state index contributed by atoms with van der Waals surface area (Å²) in [6.45, 7) is 3.29. The van der Waals surface area contributed by atoms with Crippen molar-refractivity contribution in [3.63, 3.8) is 0 Å². The van der Waals surface area contributed by atoms with Crippen molar-refractivity contribution >= 4 is 29.1 Å². The van der Waals surface area contributed by atoms with Crippen molar-refractivity contribution in [2.24, 2.45) is 0 Å². The minimum Gasteiger partial charge on any atom is -0.497 e. The smallest absolute Gasteiger partial charge is 0.283 e. The van der Waals surface area contributed by atoms with E-state index in [4.69, 9.17) is 21.4 Å². The number of nitrogens with zero attached hydrogens (tertiary/aromatic N) is 3. The highest BCUT2D eigenvalue weighted by atomic mass is 35.5. The first-order valence-electron chi connectivity index (χ1n) is 8.07. The molecular weight excluding hydrogens is 346 g/mol. The van der Waals surface area contributed by atoms with E-state index in [-0.39, 0.29) is 17.3 Å². The van der Waals surface area contributed by atoms with Crippen LogP contribution in [0.3, 0.4) is 0 Å². The van der Waals surface area contributed by atoms with Crippen LogP contribution in [0.15, 0.2) is 35.0 Å². The Morgan fingerprint density at radius 1 is 1.08 bits per heavy atom. The third-order valence-corrected chi connectivity index (χ3v) is 4.78. The molecule has 0 unspecified atom stereocenters. The van der Waals surface area contributed by atoms with E-state index in [2.05, 4.69) is 4.90 Å². The average Bonchev–Trinajstić information content (AvgIpc) is 2.85. The molecule has 2 amide bonds. The SMILES string of the molecule is COc1ccc(N2C(=O)C(Cl)=C(N3CCN(CCO)CC3)C2=O)cc1. The van der Waals surface area contributed by atoms with Crippen LogP contribution in [0.25, 0.3) is 0 Å². The molecule has 0 saturated carbocycles. The second-order valence-electron chi connectivity index (χ2n) is 5.86. The van der Waals surface area contributed by atoms with E-state index in [1.165, 1.54) is 0 Å². The van der Waals surface area contributed by atoms with Gasteiger partial charge in [0.05, 0.1) is 19.4 Å². The number of rotatable bonds is 5. The number of carbonyl (C=O) groups is 2. The Bertz CT molecular complexity index is 696.